The second-order valence-corrected chi connectivity index (χ2v) is 13.9. The van der Waals surface area contributed by atoms with Crippen molar-refractivity contribution in [1.82, 2.24) is 10.2 Å². The fourth-order valence-electron chi connectivity index (χ4n) is 5.22. The molecule has 0 bridgehead atoms. The number of anilines is 2. The summed E-state index contributed by atoms with van der Waals surface area (Å²) in [4.78, 5) is 27.9. The number of hydrogen-bond acceptors (Lipinski definition) is 9. The predicted octanol–water partition coefficient (Wildman–Crippen LogP) is 6.53. The molecule has 210 valence electrons. The minimum atomic E-state index is -0.537. The Bertz CT molecular complexity index is 1600. The average molecular weight is 650 g/mol. The monoisotopic (exact) mass is 648 g/mol. The molecule has 0 saturated carbocycles. The van der Waals surface area contributed by atoms with Crippen LogP contribution in [0.2, 0.25) is 0 Å². The first kappa shape index (κ1) is 29.0. The molecule has 1 aliphatic carbocycles. The quantitative estimate of drug-likeness (QED) is 0.277. The van der Waals surface area contributed by atoms with E-state index in [0.29, 0.717) is 39.1 Å². The molecule has 41 heavy (non-hydrogen) atoms. The summed E-state index contributed by atoms with van der Waals surface area (Å²) in [6.45, 7) is 6.20. The largest absolute Gasteiger partial charge is 0.384 e. The zero-order chi connectivity index (χ0) is 29.3. The van der Waals surface area contributed by atoms with E-state index in [9.17, 15) is 14.9 Å². The van der Waals surface area contributed by atoms with Gasteiger partial charge in [0.25, 0.3) is 0 Å². The number of carbonyl (C=O) groups excluding carboxylic acids is 2. The first-order valence-corrected chi connectivity index (χ1v) is 15.8. The first-order chi connectivity index (χ1) is 19.6. The van der Waals surface area contributed by atoms with Crippen LogP contribution in [0.25, 0.3) is 0 Å². The summed E-state index contributed by atoms with van der Waals surface area (Å²) in [5, 5.41) is 22.3. The maximum atomic E-state index is 13.7. The number of halogens is 1. The molecule has 2 aromatic carbocycles. The highest BCUT2D eigenvalue weighted by molar-refractivity contribution is 9.10. The van der Waals surface area contributed by atoms with Gasteiger partial charge in [-0.05, 0) is 53.6 Å². The summed E-state index contributed by atoms with van der Waals surface area (Å²) >= 11 is 5.93. The number of aryl methyl sites for hydroxylation is 1. The molecule has 0 spiro atoms. The van der Waals surface area contributed by atoms with Gasteiger partial charge in [0, 0.05) is 27.9 Å². The molecule has 11 heteroatoms. The van der Waals surface area contributed by atoms with E-state index >= 15 is 0 Å². The fraction of sp³-hybridized carbons (Fsp3) is 0.300. The van der Waals surface area contributed by atoms with E-state index < -0.39 is 5.92 Å². The number of aromatic nitrogens is 2. The molecule has 0 fully saturated rings. The summed E-state index contributed by atoms with van der Waals surface area (Å²) in [7, 11) is 0. The highest BCUT2D eigenvalue weighted by Crippen LogP contribution is 2.50. The van der Waals surface area contributed by atoms with Crippen LogP contribution >= 0.6 is 39.0 Å². The molecule has 1 aromatic heterocycles. The Morgan fingerprint density at radius 1 is 1.20 bits per heavy atom. The number of carbonyl (C=O) groups is 2. The van der Waals surface area contributed by atoms with Gasteiger partial charge < -0.3 is 11.1 Å². The number of nitrogens with two attached hydrogens (primary N) is 1. The van der Waals surface area contributed by atoms with Crippen molar-refractivity contribution in [3.05, 3.63) is 86.8 Å². The molecular weight excluding hydrogens is 620 g/mol. The highest BCUT2D eigenvalue weighted by Gasteiger charge is 2.45. The van der Waals surface area contributed by atoms with Gasteiger partial charge in [-0.2, -0.15) is 5.26 Å². The molecule has 1 aliphatic heterocycles. The Balaban J connectivity index is 1.46. The first-order valence-electron chi connectivity index (χ1n) is 13.2. The number of nitrogens with one attached hydrogen (secondary N) is 1. The van der Waals surface area contributed by atoms with Crippen LogP contribution in [0.1, 0.15) is 50.7 Å². The van der Waals surface area contributed by atoms with Crippen LogP contribution in [-0.2, 0) is 16.0 Å². The number of hydrogen-bond donors (Lipinski definition) is 2. The molecule has 0 saturated heterocycles. The number of benzene rings is 2. The third-order valence-electron chi connectivity index (χ3n) is 7.14. The van der Waals surface area contributed by atoms with Gasteiger partial charge in [-0.15, -0.1) is 10.2 Å². The molecule has 3 aromatic rings. The van der Waals surface area contributed by atoms with Gasteiger partial charge >= 0.3 is 0 Å². The van der Waals surface area contributed by atoms with Crippen LogP contribution in [0.5, 0.6) is 0 Å². The van der Waals surface area contributed by atoms with Gasteiger partial charge in [-0.3, -0.25) is 14.5 Å². The molecule has 1 unspecified atom stereocenters. The van der Waals surface area contributed by atoms with Gasteiger partial charge in [0.1, 0.15) is 5.82 Å². The predicted molar refractivity (Wildman–Crippen MR) is 166 cm³/mol. The van der Waals surface area contributed by atoms with Gasteiger partial charge in [0.15, 0.2) is 10.1 Å². The minimum absolute atomic E-state index is 0.00907. The molecule has 5 rings (SSSR count). The lowest BCUT2D eigenvalue weighted by molar-refractivity contribution is -0.118. The molecule has 3 N–H and O–H groups in total. The van der Waals surface area contributed by atoms with E-state index in [1.807, 2.05) is 48.5 Å². The maximum Gasteiger partial charge on any atom is 0.234 e. The number of allylic oxidation sites excluding steroid dienone is 3. The standard InChI is InChI=1S/C30H29BrN6O2S2/c1-4-17-5-7-18(8-6-17)25-21(15-32)27(33)37(22-13-30(2,3)14-23(38)26(22)25)28-35-36-29(41-28)40-16-24(39)34-20-11-9-19(31)10-12-20/h5-12,25H,4,13-14,16,33H2,1-3H3,(H,34,39). The minimum Gasteiger partial charge on any atom is -0.384 e. The number of amides is 1. The summed E-state index contributed by atoms with van der Waals surface area (Å²) in [6.07, 6.45) is 1.87. The summed E-state index contributed by atoms with van der Waals surface area (Å²) in [6, 6.07) is 17.7. The molecular formula is C30H29BrN6O2S2. The molecule has 1 atom stereocenters. The van der Waals surface area contributed by atoms with Crippen LogP contribution in [0.4, 0.5) is 10.8 Å². The fourth-order valence-corrected chi connectivity index (χ4v) is 7.16. The SMILES string of the molecule is CCc1ccc(C2C(C#N)=C(N)N(c3nnc(SCC(=O)Nc4ccc(Br)cc4)s3)C3=C2C(=O)CC(C)(C)C3)cc1. The number of nitrogens with zero attached hydrogens (tertiary/aromatic N) is 4. The number of ketones is 1. The van der Waals surface area contributed by atoms with E-state index in [0.717, 1.165) is 22.2 Å². The lowest BCUT2D eigenvalue weighted by atomic mass is 9.68. The lowest BCUT2D eigenvalue weighted by Crippen LogP contribution is -2.42. The number of nitriles is 1. The van der Waals surface area contributed by atoms with E-state index in [4.69, 9.17) is 5.73 Å². The topological polar surface area (TPSA) is 125 Å². The van der Waals surface area contributed by atoms with Crippen molar-refractivity contribution in [2.24, 2.45) is 11.1 Å². The van der Waals surface area contributed by atoms with Gasteiger partial charge in [-0.25, -0.2) is 0 Å². The summed E-state index contributed by atoms with van der Waals surface area (Å²) in [5.41, 5.74) is 10.9. The zero-order valence-electron chi connectivity index (χ0n) is 22.9. The van der Waals surface area contributed by atoms with Crippen molar-refractivity contribution in [2.75, 3.05) is 16.0 Å². The van der Waals surface area contributed by atoms with Gasteiger partial charge in [-0.1, -0.05) is 84.1 Å². The van der Waals surface area contributed by atoms with Crippen molar-refractivity contribution in [3.63, 3.8) is 0 Å². The average Bonchev–Trinajstić information content (AvgIpc) is 3.40. The Kier molecular flexibility index (Phi) is 8.36. The van der Waals surface area contributed by atoms with E-state index in [2.05, 4.69) is 58.3 Å². The van der Waals surface area contributed by atoms with Crippen molar-refractivity contribution in [3.8, 4) is 6.07 Å². The lowest BCUT2D eigenvalue weighted by Gasteiger charge is -2.42. The smallest absolute Gasteiger partial charge is 0.234 e. The number of Topliss-reactive ketones (excluding diaryl/α,β-unsaturated/α-hetero) is 1. The summed E-state index contributed by atoms with van der Waals surface area (Å²) < 4.78 is 1.51. The number of rotatable bonds is 7. The Labute approximate surface area is 255 Å². The molecule has 2 heterocycles. The van der Waals surface area contributed by atoms with Crippen LogP contribution in [0, 0.1) is 16.7 Å². The normalized spacial score (nSPS) is 18.3. The molecule has 8 nitrogen and oxygen atoms in total. The molecule has 0 radical (unpaired) electrons. The van der Waals surface area contributed by atoms with Crippen molar-refractivity contribution >= 4 is 61.5 Å². The molecule has 2 aliphatic rings. The van der Waals surface area contributed by atoms with Crippen molar-refractivity contribution in [1.29, 1.82) is 5.26 Å². The Morgan fingerprint density at radius 2 is 1.90 bits per heavy atom. The van der Waals surface area contributed by atoms with E-state index in [-0.39, 0.29) is 28.7 Å². The second-order valence-electron chi connectivity index (χ2n) is 10.8. The van der Waals surface area contributed by atoms with Crippen LogP contribution in [0.3, 0.4) is 0 Å². The van der Waals surface area contributed by atoms with Crippen LogP contribution in [-0.4, -0.2) is 27.6 Å². The zero-order valence-corrected chi connectivity index (χ0v) is 26.1. The Hall–Kier alpha value is -3.46. The van der Waals surface area contributed by atoms with E-state index in [1.165, 1.54) is 28.7 Å². The second kappa shape index (κ2) is 11.8. The Morgan fingerprint density at radius 3 is 2.56 bits per heavy atom. The third-order valence-corrected chi connectivity index (χ3v) is 9.71. The van der Waals surface area contributed by atoms with Crippen LogP contribution in [0.15, 0.2) is 80.0 Å². The number of thioether (sulfide) groups is 1. The van der Waals surface area contributed by atoms with Crippen molar-refractivity contribution < 1.29 is 9.59 Å². The van der Waals surface area contributed by atoms with Gasteiger partial charge in [0.2, 0.25) is 11.0 Å². The molecule has 1 amide bonds. The highest BCUT2D eigenvalue weighted by atomic mass is 79.9. The summed E-state index contributed by atoms with van der Waals surface area (Å²) in [5.74, 6) is -0.296. The maximum absolute atomic E-state index is 13.7. The van der Waals surface area contributed by atoms with Gasteiger partial charge in [0.05, 0.1) is 23.3 Å². The van der Waals surface area contributed by atoms with E-state index in [1.54, 1.807) is 4.90 Å². The third kappa shape index (κ3) is 6.10. The van der Waals surface area contributed by atoms with Crippen molar-refractivity contribution in [2.45, 2.75) is 50.3 Å². The van der Waals surface area contributed by atoms with Crippen LogP contribution < -0.4 is 16.0 Å².